The lowest BCUT2D eigenvalue weighted by Crippen LogP contribution is -2.26. The standard InChI is InChI=1S/C14H16N2O3/c1-16(9-13(17)18-2)8-12-10-19-14(15-12)11-6-4-3-5-7-11/h3-7,10H,8-9H2,1-2H3. The zero-order valence-corrected chi connectivity index (χ0v) is 11.0. The second-order valence-corrected chi connectivity index (χ2v) is 4.26. The third-order valence-electron chi connectivity index (χ3n) is 2.63. The summed E-state index contributed by atoms with van der Waals surface area (Å²) in [5.41, 5.74) is 1.72. The van der Waals surface area contributed by atoms with Gasteiger partial charge in [-0.2, -0.15) is 0 Å². The Morgan fingerprint density at radius 2 is 2.11 bits per heavy atom. The highest BCUT2D eigenvalue weighted by molar-refractivity contribution is 5.71. The van der Waals surface area contributed by atoms with Crippen LogP contribution >= 0.6 is 0 Å². The van der Waals surface area contributed by atoms with E-state index in [1.165, 1.54) is 7.11 Å². The molecule has 0 amide bonds. The molecule has 0 N–H and O–H groups in total. The summed E-state index contributed by atoms with van der Waals surface area (Å²) in [6, 6.07) is 9.68. The summed E-state index contributed by atoms with van der Waals surface area (Å²) in [4.78, 5) is 17.3. The average Bonchev–Trinajstić information content (AvgIpc) is 2.88. The van der Waals surface area contributed by atoms with E-state index in [9.17, 15) is 4.79 Å². The van der Waals surface area contributed by atoms with Crippen LogP contribution in [-0.2, 0) is 16.1 Å². The summed E-state index contributed by atoms with van der Waals surface area (Å²) in [5.74, 6) is 0.316. The van der Waals surface area contributed by atoms with E-state index in [2.05, 4.69) is 9.72 Å². The first-order chi connectivity index (χ1) is 9.19. The maximum atomic E-state index is 11.1. The SMILES string of the molecule is COC(=O)CN(C)Cc1coc(-c2ccccc2)n1. The molecular weight excluding hydrogens is 244 g/mol. The fourth-order valence-corrected chi connectivity index (χ4v) is 1.71. The van der Waals surface area contributed by atoms with Crippen molar-refractivity contribution >= 4 is 5.97 Å². The van der Waals surface area contributed by atoms with E-state index in [-0.39, 0.29) is 12.5 Å². The van der Waals surface area contributed by atoms with Gasteiger partial charge in [-0.1, -0.05) is 18.2 Å². The fourth-order valence-electron chi connectivity index (χ4n) is 1.71. The molecule has 0 aliphatic heterocycles. The number of methoxy groups -OCH3 is 1. The Labute approximate surface area is 111 Å². The van der Waals surface area contributed by atoms with Crippen molar-refractivity contribution in [2.24, 2.45) is 0 Å². The maximum Gasteiger partial charge on any atom is 0.319 e. The van der Waals surface area contributed by atoms with Gasteiger partial charge in [0.25, 0.3) is 0 Å². The molecule has 5 nitrogen and oxygen atoms in total. The molecule has 0 aliphatic rings. The Hall–Kier alpha value is -2.14. The van der Waals surface area contributed by atoms with Gasteiger partial charge in [0.1, 0.15) is 6.26 Å². The molecule has 1 heterocycles. The first kappa shape index (κ1) is 13.3. The van der Waals surface area contributed by atoms with Crippen LogP contribution in [-0.4, -0.2) is 36.6 Å². The van der Waals surface area contributed by atoms with Gasteiger partial charge in [-0.25, -0.2) is 4.98 Å². The molecule has 0 unspecified atom stereocenters. The van der Waals surface area contributed by atoms with Crippen molar-refractivity contribution in [1.29, 1.82) is 0 Å². The number of hydrogen-bond donors (Lipinski definition) is 0. The van der Waals surface area contributed by atoms with Gasteiger partial charge in [-0.15, -0.1) is 0 Å². The molecule has 0 aliphatic carbocycles. The van der Waals surface area contributed by atoms with E-state index < -0.39 is 0 Å². The zero-order chi connectivity index (χ0) is 13.7. The highest BCUT2D eigenvalue weighted by Gasteiger charge is 2.11. The number of likely N-dealkylation sites (N-methyl/N-ethyl adjacent to an activating group) is 1. The van der Waals surface area contributed by atoms with Crippen LogP contribution < -0.4 is 0 Å². The van der Waals surface area contributed by atoms with E-state index in [0.717, 1.165) is 11.3 Å². The lowest BCUT2D eigenvalue weighted by Gasteiger charge is -2.12. The monoisotopic (exact) mass is 260 g/mol. The van der Waals surface area contributed by atoms with Crippen LogP contribution in [0.3, 0.4) is 0 Å². The van der Waals surface area contributed by atoms with Crippen LogP contribution in [0.15, 0.2) is 41.0 Å². The molecule has 0 bridgehead atoms. The Balaban J connectivity index is 2.00. The molecule has 2 aromatic rings. The Morgan fingerprint density at radius 1 is 1.37 bits per heavy atom. The summed E-state index contributed by atoms with van der Waals surface area (Å²) >= 11 is 0. The predicted octanol–water partition coefficient (Wildman–Crippen LogP) is 1.95. The molecule has 0 saturated heterocycles. The molecular formula is C14H16N2O3. The molecule has 2 rings (SSSR count). The highest BCUT2D eigenvalue weighted by Crippen LogP contribution is 2.18. The molecule has 0 fully saturated rings. The largest absolute Gasteiger partial charge is 0.468 e. The second-order valence-electron chi connectivity index (χ2n) is 4.26. The molecule has 5 heteroatoms. The molecule has 1 aromatic heterocycles. The number of benzene rings is 1. The van der Waals surface area contributed by atoms with Crippen LogP contribution in [0.5, 0.6) is 0 Å². The lowest BCUT2D eigenvalue weighted by atomic mass is 10.2. The molecule has 0 atom stereocenters. The number of aromatic nitrogens is 1. The minimum Gasteiger partial charge on any atom is -0.468 e. The molecule has 0 saturated carbocycles. The maximum absolute atomic E-state index is 11.1. The first-order valence-corrected chi connectivity index (χ1v) is 5.94. The van der Waals surface area contributed by atoms with Crippen molar-refractivity contribution < 1.29 is 13.9 Å². The van der Waals surface area contributed by atoms with Crippen molar-refractivity contribution in [2.45, 2.75) is 6.54 Å². The van der Waals surface area contributed by atoms with Crippen molar-refractivity contribution in [3.63, 3.8) is 0 Å². The number of carbonyl (C=O) groups is 1. The van der Waals surface area contributed by atoms with Crippen LogP contribution in [0.1, 0.15) is 5.69 Å². The molecule has 19 heavy (non-hydrogen) atoms. The third-order valence-corrected chi connectivity index (χ3v) is 2.63. The first-order valence-electron chi connectivity index (χ1n) is 5.94. The van der Waals surface area contributed by atoms with Gasteiger partial charge in [-0.05, 0) is 19.2 Å². The van der Waals surface area contributed by atoms with E-state index >= 15 is 0 Å². The van der Waals surface area contributed by atoms with Gasteiger partial charge in [0.15, 0.2) is 0 Å². The number of ether oxygens (including phenoxy) is 1. The number of carbonyl (C=O) groups excluding carboxylic acids is 1. The third kappa shape index (κ3) is 3.66. The van der Waals surface area contributed by atoms with E-state index in [1.54, 1.807) is 6.26 Å². The minimum absolute atomic E-state index is 0.226. The van der Waals surface area contributed by atoms with Crippen LogP contribution in [0.4, 0.5) is 0 Å². The van der Waals surface area contributed by atoms with Crippen LogP contribution in [0.2, 0.25) is 0 Å². The van der Waals surface area contributed by atoms with E-state index in [1.807, 2.05) is 42.3 Å². The van der Waals surface area contributed by atoms with Crippen molar-refractivity contribution in [1.82, 2.24) is 9.88 Å². The molecule has 1 aromatic carbocycles. The average molecular weight is 260 g/mol. The summed E-state index contributed by atoms with van der Waals surface area (Å²) in [7, 11) is 3.20. The molecule has 0 spiro atoms. The van der Waals surface area contributed by atoms with Gasteiger partial charge < -0.3 is 9.15 Å². The lowest BCUT2D eigenvalue weighted by molar-refractivity contribution is -0.141. The normalized spacial score (nSPS) is 10.7. The Kier molecular flexibility index (Phi) is 4.30. The van der Waals surface area contributed by atoms with E-state index in [0.29, 0.717) is 12.4 Å². The fraction of sp³-hybridized carbons (Fsp3) is 0.286. The van der Waals surface area contributed by atoms with Gasteiger partial charge in [0.2, 0.25) is 5.89 Å². The summed E-state index contributed by atoms with van der Waals surface area (Å²) in [6.07, 6.45) is 1.61. The number of esters is 1. The highest BCUT2D eigenvalue weighted by atomic mass is 16.5. The van der Waals surface area contributed by atoms with Crippen molar-refractivity contribution in [2.75, 3.05) is 20.7 Å². The van der Waals surface area contributed by atoms with Crippen molar-refractivity contribution in [3.05, 3.63) is 42.3 Å². The smallest absolute Gasteiger partial charge is 0.319 e. The topological polar surface area (TPSA) is 55.6 Å². The van der Waals surface area contributed by atoms with E-state index in [4.69, 9.17) is 4.42 Å². The summed E-state index contributed by atoms with van der Waals surface area (Å²) in [5, 5.41) is 0. The Morgan fingerprint density at radius 3 is 2.79 bits per heavy atom. The molecule has 100 valence electrons. The number of rotatable bonds is 5. The van der Waals surface area contributed by atoms with Crippen LogP contribution in [0, 0.1) is 0 Å². The number of nitrogens with zero attached hydrogens (tertiary/aromatic N) is 2. The van der Waals surface area contributed by atoms with Gasteiger partial charge >= 0.3 is 5.97 Å². The summed E-state index contributed by atoms with van der Waals surface area (Å²) < 4.78 is 10.0. The zero-order valence-electron chi connectivity index (χ0n) is 11.0. The molecule has 0 radical (unpaired) electrons. The van der Waals surface area contributed by atoms with Gasteiger partial charge in [0.05, 0.1) is 19.3 Å². The summed E-state index contributed by atoms with van der Waals surface area (Å²) in [6.45, 7) is 0.759. The number of oxazole rings is 1. The van der Waals surface area contributed by atoms with Gasteiger partial charge in [-0.3, -0.25) is 9.69 Å². The quantitative estimate of drug-likeness (QED) is 0.769. The second kappa shape index (κ2) is 6.15. The van der Waals surface area contributed by atoms with Crippen LogP contribution in [0.25, 0.3) is 11.5 Å². The predicted molar refractivity (Wildman–Crippen MR) is 70.3 cm³/mol. The number of hydrogen-bond acceptors (Lipinski definition) is 5. The van der Waals surface area contributed by atoms with Crippen molar-refractivity contribution in [3.8, 4) is 11.5 Å². The Bertz CT molecular complexity index is 537. The minimum atomic E-state index is -0.269. The van der Waals surface area contributed by atoms with Gasteiger partial charge in [0, 0.05) is 12.1 Å².